The number of nitrogens with one attached hydrogen (secondary N) is 1. The molecule has 129 valence electrons. The molecule has 0 saturated heterocycles. The molecule has 1 heterocycles. The Morgan fingerprint density at radius 3 is 1.87 bits per heavy atom. The van der Waals surface area contributed by atoms with E-state index in [2.05, 4.69) is 101 Å². The number of hydrogen-bond acceptors (Lipinski definition) is 1. The van der Waals surface area contributed by atoms with Gasteiger partial charge in [-0.15, -0.1) is 0 Å². The average molecular weight is 579 g/mol. The third kappa shape index (κ3) is 4.03. The second-order valence-electron chi connectivity index (χ2n) is 6.77. The van der Waals surface area contributed by atoms with Crippen molar-refractivity contribution >= 4 is 51.7 Å². The zero-order valence-electron chi connectivity index (χ0n) is 15.1. The first-order valence-corrected chi connectivity index (χ1v) is 16.7. The maximum atomic E-state index is 12.5. The molecule has 0 atom stereocenters. The summed E-state index contributed by atoms with van der Waals surface area (Å²) >= 11 is 4.74. The number of urea groups is 1. The predicted molar refractivity (Wildman–Crippen MR) is 112 cm³/mol. The number of benzene rings is 1. The van der Waals surface area contributed by atoms with Crippen LogP contribution in [0.25, 0.3) is 0 Å². The van der Waals surface area contributed by atoms with Crippen molar-refractivity contribution in [2.75, 3.05) is 5.32 Å². The Balaban J connectivity index is 0.000000816. The van der Waals surface area contributed by atoms with Crippen molar-refractivity contribution in [1.29, 1.82) is 0 Å². The summed E-state index contributed by atoms with van der Waals surface area (Å²) < 4.78 is 0. The topological polar surface area (TPSA) is 32.3 Å². The van der Waals surface area contributed by atoms with Crippen LogP contribution in [0.4, 0.5) is 10.5 Å². The predicted octanol–water partition coefficient (Wildman–Crippen LogP) is 6.18. The van der Waals surface area contributed by atoms with Gasteiger partial charge in [-0.3, -0.25) is 0 Å². The van der Waals surface area contributed by atoms with Gasteiger partial charge in [-0.05, 0) is 77.6 Å². The van der Waals surface area contributed by atoms with Crippen molar-refractivity contribution in [2.45, 2.75) is 67.0 Å². The van der Waals surface area contributed by atoms with Gasteiger partial charge in [0, 0.05) is 11.6 Å². The molecule has 1 N–H and O–H groups in total. The number of carbonyl (C=O) groups excluding carboxylic acids is 1. The van der Waals surface area contributed by atoms with E-state index < -0.39 is 0 Å². The van der Waals surface area contributed by atoms with Gasteiger partial charge >= 0.3 is 55.5 Å². The number of halogens is 2. The zero-order valence-corrected chi connectivity index (χ0v) is 20.8. The third-order valence-corrected chi connectivity index (χ3v) is 4.87. The zero-order chi connectivity index (χ0) is 18.1. The van der Waals surface area contributed by atoms with E-state index in [4.69, 9.17) is 0 Å². The molecule has 3 nitrogen and oxygen atoms in total. The van der Waals surface area contributed by atoms with Crippen LogP contribution in [0.2, 0.25) is 0 Å². The number of hydrogen-bond donors (Lipinski definition) is 1. The van der Waals surface area contributed by atoms with Crippen LogP contribution < -0.4 is 5.32 Å². The number of nitrogens with zero attached hydrogens (tertiary/aromatic N) is 1. The van der Waals surface area contributed by atoms with Gasteiger partial charge in [-0.1, -0.05) is 0 Å². The minimum atomic E-state index is -0.293. The second kappa shape index (κ2) is 8.28. The standard InChI is InChI=1S/C17H26N2O.2HI.V/c1-9(2)19-16(20)18-15-13(6)11(4)10(3)12(5)14(15)17(19,7)8;;;/h9H,1-8H3,(H,18,20);2*1H;/q;;;+2/p-2. The Labute approximate surface area is 169 Å². The van der Waals surface area contributed by atoms with E-state index in [9.17, 15) is 4.79 Å². The first kappa shape index (κ1) is 21.6. The molecule has 0 radical (unpaired) electrons. The second-order valence-corrected chi connectivity index (χ2v) is 18.6. The molecule has 23 heavy (non-hydrogen) atoms. The van der Waals surface area contributed by atoms with Crippen molar-refractivity contribution in [3.8, 4) is 0 Å². The van der Waals surface area contributed by atoms with Crippen LogP contribution in [0.5, 0.6) is 0 Å². The van der Waals surface area contributed by atoms with Crippen molar-refractivity contribution in [3.05, 3.63) is 27.8 Å². The van der Waals surface area contributed by atoms with Gasteiger partial charge in [0.25, 0.3) is 0 Å². The van der Waals surface area contributed by atoms with Crippen molar-refractivity contribution in [3.63, 3.8) is 0 Å². The van der Waals surface area contributed by atoms with E-state index in [-0.39, 0.29) is 17.6 Å². The number of rotatable bonds is 1. The third-order valence-electron chi connectivity index (χ3n) is 4.87. The fourth-order valence-corrected chi connectivity index (χ4v) is 3.65. The summed E-state index contributed by atoms with van der Waals surface area (Å²) in [6.45, 7) is 17.0. The molecule has 0 aliphatic carbocycles. The molecule has 0 bridgehead atoms. The van der Waals surface area contributed by atoms with Crippen LogP contribution in [-0.4, -0.2) is 17.0 Å². The molecule has 1 aliphatic heterocycles. The van der Waals surface area contributed by atoms with Crippen molar-refractivity contribution in [2.24, 2.45) is 0 Å². The molecule has 1 aromatic carbocycles. The molecule has 6 heteroatoms. The molecule has 2 rings (SSSR count). The Kier molecular flexibility index (Phi) is 7.76. The molecule has 0 unspecified atom stereocenters. The van der Waals surface area contributed by atoms with Crippen molar-refractivity contribution < 1.29 is 14.3 Å². The van der Waals surface area contributed by atoms with E-state index >= 15 is 0 Å². The van der Waals surface area contributed by atoms with Gasteiger partial charge in [-0.2, -0.15) is 0 Å². The summed E-state index contributed by atoms with van der Waals surface area (Å²) in [7, 11) is 0.628. The molecular formula is C17H26I2N2OV. The summed E-state index contributed by atoms with van der Waals surface area (Å²) in [6, 6.07) is 0.169. The summed E-state index contributed by atoms with van der Waals surface area (Å²) in [5, 5.41) is 3.11. The number of amides is 2. The van der Waals surface area contributed by atoms with Gasteiger partial charge in [-0.25, -0.2) is 4.79 Å². The molecule has 0 fully saturated rings. The van der Waals surface area contributed by atoms with E-state index in [0.29, 0.717) is 9.47 Å². The maximum absolute atomic E-state index is 12.5. The van der Waals surface area contributed by atoms with E-state index in [1.165, 1.54) is 27.8 Å². The Morgan fingerprint density at radius 2 is 1.43 bits per heavy atom. The Hall–Kier alpha value is 0.534. The average Bonchev–Trinajstić information content (AvgIpc) is 2.41. The molecule has 1 aliphatic rings. The quantitative estimate of drug-likeness (QED) is 0.397. The van der Waals surface area contributed by atoms with E-state index in [1.807, 2.05) is 4.90 Å². The SMILES string of the molecule is Cc1c(C)c(C)c2c(c1C)NC(=O)N(C(C)C)C2(C)C.[I][V][I]. The van der Waals surface area contributed by atoms with Crippen LogP contribution in [0.3, 0.4) is 0 Å². The van der Waals surface area contributed by atoms with Gasteiger partial charge in [0.2, 0.25) is 0 Å². The minimum absolute atomic E-state index is 0.00301. The monoisotopic (exact) mass is 579 g/mol. The molecule has 0 spiro atoms. The first-order chi connectivity index (χ1) is 10.5. The van der Waals surface area contributed by atoms with Crippen molar-refractivity contribution in [1.82, 2.24) is 4.90 Å². The van der Waals surface area contributed by atoms with E-state index in [1.54, 1.807) is 0 Å². The summed E-state index contributed by atoms with van der Waals surface area (Å²) in [4.78, 5) is 14.4. The van der Waals surface area contributed by atoms with Crippen LogP contribution in [0, 0.1) is 27.7 Å². The Morgan fingerprint density at radius 1 is 1.00 bits per heavy atom. The van der Waals surface area contributed by atoms with Gasteiger partial charge < -0.3 is 10.2 Å². The molecule has 0 saturated carbocycles. The van der Waals surface area contributed by atoms with Crippen LogP contribution in [-0.2, 0) is 15.0 Å². The van der Waals surface area contributed by atoms with E-state index in [0.717, 1.165) is 5.69 Å². The molecule has 1 aromatic rings. The fraction of sp³-hybridized carbons (Fsp3) is 0.588. The van der Waals surface area contributed by atoms with Gasteiger partial charge in [0.05, 0.1) is 11.2 Å². The molecule has 2 amide bonds. The number of anilines is 1. The van der Waals surface area contributed by atoms with Crippen LogP contribution in [0.1, 0.15) is 55.5 Å². The molecular weight excluding hydrogens is 553 g/mol. The fourth-order valence-electron chi connectivity index (χ4n) is 3.65. The molecule has 0 aromatic heterocycles. The summed E-state index contributed by atoms with van der Waals surface area (Å²) in [5.41, 5.74) is 7.05. The van der Waals surface area contributed by atoms with Crippen LogP contribution in [0.15, 0.2) is 0 Å². The van der Waals surface area contributed by atoms with Gasteiger partial charge in [0.15, 0.2) is 0 Å². The first-order valence-electron chi connectivity index (χ1n) is 7.65. The van der Waals surface area contributed by atoms with Crippen LogP contribution >= 0.6 is 40.0 Å². The normalized spacial score (nSPS) is 15.6. The number of fused-ring (bicyclic) bond motifs is 1. The summed E-state index contributed by atoms with van der Waals surface area (Å²) in [5.74, 6) is 0. The van der Waals surface area contributed by atoms with Gasteiger partial charge in [0.1, 0.15) is 0 Å². The number of carbonyl (C=O) groups is 1. The summed E-state index contributed by atoms with van der Waals surface area (Å²) in [6.07, 6.45) is 0. The Bertz CT molecular complexity index is 615.